The summed E-state index contributed by atoms with van der Waals surface area (Å²) in [6.45, 7) is 8.85. The smallest absolute Gasteiger partial charge is 0.311 e. The first-order valence-corrected chi connectivity index (χ1v) is 9.42. The van der Waals surface area contributed by atoms with E-state index >= 15 is 0 Å². The molecule has 0 saturated carbocycles. The predicted molar refractivity (Wildman–Crippen MR) is 103 cm³/mol. The molecule has 1 aromatic heterocycles. The summed E-state index contributed by atoms with van der Waals surface area (Å²) < 4.78 is 10.4. The van der Waals surface area contributed by atoms with Gasteiger partial charge in [-0.3, -0.25) is 14.5 Å². The van der Waals surface area contributed by atoms with Crippen molar-refractivity contribution in [3.05, 3.63) is 42.4 Å². The summed E-state index contributed by atoms with van der Waals surface area (Å²) in [6, 6.07) is 3.81. The number of carbonyl (C=O) groups is 2. The maximum atomic E-state index is 12.5. The first-order chi connectivity index (χ1) is 13.0. The SMILES string of the molecule is C=CCN1C(=O)CC(C(=O)OC)C12CCN(C/C(C)=C/c1ccco1)CC2. The molecule has 1 amide bonds. The molecule has 27 heavy (non-hydrogen) atoms. The number of nitrogens with zero attached hydrogens (tertiary/aromatic N) is 2. The van der Waals surface area contributed by atoms with Gasteiger partial charge in [0.2, 0.25) is 5.91 Å². The molecule has 2 fully saturated rings. The number of ether oxygens (including phenoxy) is 1. The molecule has 6 heteroatoms. The van der Waals surface area contributed by atoms with Crippen molar-refractivity contribution in [3.63, 3.8) is 0 Å². The Morgan fingerprint density at radius 1 is 1.44 bits per heavy atom. The average molecular weight is 372 g/mol. The number of esters is 1. The van der Waals surface area contributed by atoms with E-state index in [1.807, 2.05) is 23.1 Å². The highest BCUT2D eigenvalue weighted by Crippen LogP contribution is 2.44. The van der Waals surface area contributed by atoms with Gasteiger partial charge in [0.05, 0.1) is 24.8 Å². The molecule has 0 bridgehead atoms. The third kappa shape index (κ3) is 3.86. The zero-order chi connectivity index (χ0) is 19.4. The van der Waals surface area contributed by atoms with Crippen molar-refractivity contribution in [2.75, 3.05) is 33.3 Å². The van der Waals surface area contributed by atoms with Gasteiger partial charge in [0.1, 0.15) is 5.76 Å². The van der Waals surface area contributed by atoms with Crippen molar-refractivity contribution in [2.24, 2.45) is 5.92 Å². The van der Waals surface area contributed by atoms with Crippen LogP contribution in [0.4, 0.5) is 0 Å². The van der Waals surface area contributed by atoms with Crippen LogP contribution in [0.5, 0.6) is 0 Å². The summed E-state index contributed by atoms with van der Waals surface area (Å²) in [5.41, 5.74) is 0.767. The van der Waals surface area contributed by atoms with Gasteiger partial charge in [0.25, 0.3) is 0 Å². The van der Waals surface area contributed by atoms with Gasteiger partial charge in [-0.15, -0.1) is 6.58 Å². The van der Waals surface area contributed by atoms with E-state index in [4.69, 9.17) is 9.15 Å². The standard InChI is InChI=1S/C21H28N2O4/c1-4-9-23-19(24)14-18(20(25)26-3)21(23)7-10-22(11-8-21)15-16(2)13-17-6-5-12-27-17/h4-6,12-13,18H,1,7-11,14-15H2,2-3H3/b16-13+. The van der Waals surface area contributed by atoms with Crippen molar-refractivity contribution < 1.29 is 18.7 Å². The minimum atomic E-state index is -0.451. The molecule has 2 aliphatic rings. The number of hydrogen-bond donors (Lipinski definition) is 0. The van der Waals surface area contributed by atoms with Crippen LogP contribution < -0.4 is 0 Å². The van der Waals surface area contributed by atoms with Crippen molar-refractivity contribution in [1.82, 2.24) is 9.80 Å². The lowest BCUT2D eigenvalue weighted by Crippen LogP contribution is -2.57. The molecule has 0 aliphatic carbocycles. The Hall–Kier alpha value is -2.34. The number of hydrogen-bond acceptors (Lipinski definition) is 5. The molecule has 2 aliphatic heterocycles. The van der Waals surface area contributed by atoms with Crippen molar-refractivity contribution >= 4 is 18.0 Å². The normalized spacial score (nSPS) is 23.0. The zero-order valence-electron chi connectivity index (χ0n) is 16.1. The predicted octanol–water partition coefficient (Wildman–Crippen LogP) is 2.73. The monoisotopic (exact) mass is 372 g/mol. The molecule has 3 rings (SSSR count). The minimum Gasteiger partial charge on any atom is -0.469 e. The van der Waals surface area contributed by atoms with Gasteiger partial charge >= 0.3 is 5.97 Å². The largest absolute Gasteiger partial charge is 0.469 e. The first kappa shape index (κ1) is 19.4. The van der Waals surface area contributed by atoms with E-state index in [0.29, 0.717) is 6.54 Å². The molecule has 1 atom stereocenters. The number of amides is 1. The van der Waals surface area contributed by atoms with Crippen LogP contribution in [0.3, 0.4) is 0 Å². The maximum Gasteiger partial charge on any atom is 0.311 e. The van der Waals surface area contributed by atoms with Crippen LogP contribution in [-0.4, -0.2) is 60.5 Å². The third-order valence-corrected chi connectivity index (χ3v) is 5.79. The van der Waals surface area contributed by atoms with E-state index < -0.39 is 11.5 Å². The van der Waals surface area contributed by atoms with Gasteiger partial charge in [-0.25, -0.2) is 0 Å². The molecule has 1 unspecified atom stereocenters. The lowest BCUT2D eigenvalue weighted by atomic mass is 9.76. The topological polar surface area (TPSA) is 63.0 Å². The fourth-order valence-corrected chi connectivity index (χ4v) is 4.50. The van der Waals surface area contributed by atoms with Gasteiger partial charge in [-0.1, -0.05) is 11.6 Å². The van der Waals surface area contributed by atoms with Crippen LogP contribution in [0.15, 0.2) is 41.0 Å². The third-order valence-electron chi connectivity index (χ3n) is 5.79. The molecule has 146 valence electrons. The second kappa shape index (κ2) is 8.13. The zero-order valence-corrected chi connectivity index (χ0v) is 16.1. The van der Waals surface area contributed by atoms with Crippen LogP contribution >= 0.6 is 0 Å². The molecule has 0 N–H and O–H groups in total. The average Bonchev–Trinajstić information content (AvgIpc) is 3.25. The van der Waals surface area contributed by atoms with E-state index in [1.165, 1.54) is 12.7 Å². The minimum absolute atomic E-state index is 0.0210. The van der Waals surface area contributed by atoms with Gasteiger partial charge in [-0.05, 0) is 38.0 Å². The first-order valence-electron chi connectivity index (χ1n) is 9.42. The lowest BCUT2D eigenvalue weighted by Gasteiger charge is -2.47. The number of rotatable bonds is 6. The Balaban J connectivity index is 1.71. The van der Waals surface area contributed by atoms with Gasteiger partial charge < -0.3 is 14.1 Å². The Morgan fingerprint density at radius 2 is 2.19 bits per heavy atom. The van der Waals surface area contributed by atoms with E-state index in [1.54, 1.807) is 12.3 Å². The summed E-state index contributed by atoms with van der Waals surface area (Å²) in [7, 11) is 1.40. The van der Waals surface area contributed by atoms with Crippen LogP contribution in [0.2, 0.25) is 0 Å². The van der Waals surface area contributed by atoms with Crippen molar-refractivity contribution in [3.8, 4) is 0 Å². The van der Waals surface area contributed by atoms with E-state index in [9.17, 15) is 9.59 Å². The fourth-order valence-electron chi connectivity index (χ4n) is 4.50. The highest BCUT2D eigenvalue weighted by molar-refractivity contribution is 5.89. The highest BCUT2D eigenvalue weighted by Gasteiger charge is 2.56. The Bertz CT molecular complexity index is 715. The summed E-state index contributed by atoms with van der Waals surface area (Å²) >= 11 is 0. The van der Waals surface area contributed by atoms with Crippen LogP contribution in [0, 0.1) is 5.92 Å². The van der Waals surface area contributed by atoms with E-state index in [-0.39, 0.29) is 18.3 Å². The number of likely N-dealkylation sites (tertiary alicyclic amines) is 2. The lowest BCUT2D eigenvalue weighted by molar-refractivity contribution is -0.150. The molecular formula is C21H28N2O4. The number of furan rings is 1. The number of piperidine rings is 1. The Labute approximate surface area is 160 Å². The highest BCUT2D eigenvalue weighted by atomic mass is 16.5. The Kier molecular flexibility index (Phi) is 5.85. The summed E-state index contributed by atoms with van der Waals surface area (Å²) in [6.07, 6.45) is 7.22. The fraction of sp³-hybridized carbons (Fsp3) is 0.524. The number of carbonyl (C=O) groups excluding carboxylic acids is 2. The number of methoxy groups -OCH3 is 1. The second-order valence-corrected chi connectivity index (χ2v) is 7.46. The molecule has 2 saturated heterocycles. The molecule has 1 spiro atoms. The summed E-state index contributed by atoms with van der Waals surface area (Å²) in [5, 5.41) is 0. The Morgan fingerprint density at radius 3 is 2.78 bits per heavy atom. The molecular weight excluding hydrogens is 344 g/mol. The summed E-state index contributed by atoms with van der Waals surface area (Å²) in [5.74, 6) is 0.201. The quantitative estimate of drug-likeness (QED) is 0.568. The second-order valence-electron chi connectivity index (χ2n) is 7.46. The van der Waals surface area contributed by atoms with Gasteiger partial charge in [0.15, 0.2) is 0 Å². The van der Waals surface area contributed by atoms with Gasteiger partial charge in [0, 0.05) is 32.6 Å². The molecule has 0 aromatic carbocycles. The maximum absolute atomic E-state index is 12.5. The van der Waals surface area contributed by atoms with Crippen LogP contribution in [0.25, 0.3) is 6.08 Å². The molecule has 3 heterocycles. The van der Waals surface area contributed by atoms with E-state index in [0.717, 1.165) is 38.2 Å². The molecule has 1 aromatic rings. The molecule has 0 radical (unpaired) electrons. The van der Waals surface area contributed by atoms with Gasteiger partial charge in [-0.2, -0.15) is 0 Å². The van der Waals surface area contributed by atoms with Crippen LogP contribution in [0.1, 0.15) is 31.9 Å². The van der Waals surface area contributed by atoms with Crippen LogP contribution in [-0.2, 0) is 14.3 Å². The van der Waals surface area contributed by atoms with Crippen molar-refractivity contribution in [2.45, 2.75) is 31.7 Å². The van der Waals surface area contributed by atoms with Crippen molar-refractivity contribution in [1.29, 1.82) is 0 Å². The summed E-state index contributed by atoms with van der Waals surface area (Å²) in [4.78, 5) is 29.1. The van der Waals surface area contributed by atoms with E-state index in [2.05, 4.69) is 18.4 Å². The molecule has 6 nitrogen and oxygen atoms in total.